The largest absolute Gasteiger partial charge is 0.483 e. The van der Waals surface area contributed by atoms with Crippen molar-refractivity contribution < 1.29 is 38.4 Å². The van der Waals surface area contributed by atoms with Crippen LogP contribution in [0.15, 0.2) is 60.0 Å². The number of allylic oxidation sites excluding steroid dienone is 1. The SMILES string of the molecule is C=C1N=C(C)C=CN1C(C)OC(COP(NCc1ccccc1)OCCSC(=O)C(C)(CC)CO)CC(C)C=O.CC.O=CO. The van der Waals surface area contributed by atoms with Crippen LogP contribution in [-0.4, -0.2) is 76.6 Å². The minimum Gasteiger partial charge on any atom is -0.483 e. The number of nitrogens with zero attached hydrogens (tertiary/aromatic N) is 2. The molecule has 3 N–H and O–H groups in total. The Bertz CT molecular complexity index is 1060. The quantitative estimate of drug-likeness (QED) is 0.0885. The van der Waals surface area contributed by atoms with Gasteiger partial charge in [-0.3, -0.25) is 9.59 Å². The molecule has 0 bridgehead atoms. The van der Waals surface area contributed by atoms with E-state index in [0.717, 1.165) is 29.3 Å². The van der Waals surface area contributed by atoms with Crippen molar-refractivity contribution in [2.24, 2.45) is 16.3 Å². The molecular formula is C32H52N3O8PS. The molecule has 0 aliphatic carbocycles. The van der Waals surface area contributed by atoms with Crippen LogP contribution in [0.4, 0.5) is 0 Å². The number of aliphatic imine (C=N–C) groups is 1. The average Bonchev–Trinajstić information content (AvgIpc) is 3.04. The summed E-state index contributed by atoms with van der Waals surface area (Å²) in [6, 6.07) is 9.92. The molecule has 45 heavy (non-hydrogen) atoms. The molecule has 0 radical (unpaired) electrons. The maximum absolute atomic E-state index is 12.5. The molecule has 254 valence electrons. The maximum atomic E-state index is 12.5. The fraction of sp³-hybridized carbons (Fsp3) is 0.562. The van der Waals surface area contributed by atoms with E-state index in [1.165, 1.54) is 0 Å². The Balaban J connectivity index is 0.00000364. The molecule has 13 heteroatoms. The first-order valence-corrected chi connectivity index (χ1v) is 17.2. The molecule has 0 saturated carbocycles. The second-order valence-electron chi connectivity index (χ2n) is 10.1. The standard InChI is InChI=1S/C29H44N3O6PS.C2H6.CH2O2/c1-7-29(6,21-34)28(35)40-16-15-36-39(30-18-26-11-9-8-10-12-26)37-20-27(17-22(2)19-33)38-25(5)32-14-13-23(3)31-24(32)4;1-2;2-1-3/h8-14,19,22,25,27,30,34H,4,7,15-18,20-21H2,1-3,5-6H3;1-2H3;1H,(H,2,3). The molecule has 1 aliphatic heterocycles. The van der Waals surface area contributed by atoms with Crippen LogP contribution in [0.5, 0.6) is 0 Å². The molecule has 0 spiro atoms. The predicted molar refractivity (Wildman–Crippen MR) is 183 cm³/mol. The lowest BCUT2D eigenvalue weighted by Gasteiger charge is -2.33. The van der Waals surface area contributed by atoms with Gasteiger partial charge in [0.15, 0.2) is 5.12 Å². The van der Waals surface area contributed by atoms with Crippen molar-refractivity contribution in [2.75, 3.05) is 25.6 Å². The zero-order valence-corrected chi connectivity index (χ0v) is 29.4. The van der Waals surface area contributed by atoms with E-state index in [9.17, 15) is 14.7 Å². The van der Waals surface area contributed by atoms with E-state index >= 15 is 0 Å². The third-order valence-electron chi connectivity index (χ3n) is 6.51. The predicted octanol–water partition coefficient (Wildman–Crippen LogP) is 6.15. The number of hydrogen-bond acceptors (Lipinski definition) is 11. The fourth-order valence-corrected chi connectivity index (χ4v) is 5.82. The summed E-state index contributed by atoms with van der Waals surface area (Å²) in [6.07, 6.45) is 4.96. The molecular weight excluding hydrogens is 617 g/mol. The number of ether oxygens (including phenoxy) is 1. The first-order chi connectivity index (χ1) is 21.5. The Labute approximate surface area is 274 Å². The normalized spacial score (nSPS) is 16.4. The number of benzene rings is 1. The fourth-order valence-electron chi connectivity index (χ4n) is 3.66. The van der Waals surface area contributed by atoms with Gasteiger partial charge in [-0.1, -0.05) is 76.4 Å². The zero-order chi connectivity index (χ0) is 34.3. The summed E-state index contributed by atoms with van der Waals surface area (Å²) in [5.74, 6) is 0.803. The molecule has 5 unspecified atom stereocenters. The lowest BCUT2D eigenvalue weighted by molar-refractivity contribution is -0.123. The summed E-state index contributed by atoms with van der Waals surface area (Å²) < 4.78 is 18.5. The van der Waals surface area contributed by atoms with Crippen LogP contribution < -0.4 is 5.09 Å². The summed E-state index contributed by atoms with van der Waals surface area (Å²) in [7, 11) is -1.53. The summed E-state index contributed by atoms with van der Waals surface area (Å²) in [5.41, 5.74) is 1.19. The van der Waals surface area contributed by atoms with Crippen LogP contribution in [0.1, 0.15) is 66.9 Å². The second-order valence-corrected chi connectivity index (χ2v) is 12.5. The number of rotatable bonds is 19. The topological polar surface area (TPSA) is 147 Å². The number of nitrogens with one attached hydrogen (secondary N) is 1. The summed E-state index contributed by atoms with van der Waals surface area (Å²) >= 11 is 1.16. The Hall–Kier alpha value is -2.44. The third kappa shape index (κ3) is 17.2. The summed E-state index contributed by atoms with van der Waals surface area (Å²) in [4.78, 5) is 38.6. The molecule has 0 amide bonds. The van der Waals surface area contributed by atoms with Gasteiger partial charge in [-0.15, -0.1) is 0 Å². The molecule has 0 aromatic heterocycles. The van der Waals surface area contributed by atoms with E-state index in [1.54, 1.807) is 6.92 Å². The minimum atomic E-state index is -1.53. The van der Waals surface area contributed by atoms with Crippen molar-refractivity contribution in [1.29, 1.82) is 0 Å². The van der Waals surface area contributed by atoms with E-state index in [0.29, 0.717) is 31.0 Å². The number of thioether (sulfide) groups is 1. The van der Waals surface area contributed by atoms with Gasteiger partial charge >= 0.3 is 0 Å². The highest BCUT2D eigenvalue weighted by molar-refractivity contribution is 8.13. The Morgan fingerprint density at radius 2 is 1.87 bits per heavy atom. The van der Waals surface area contributed by atoms with Gasteiger partial charge in [-0.25, -0.2) is 10.1 Å². The molecule has 11 nitrogen and oxygen atoms in total. The van der Waals surface area contributed by atoms with E-state index in [1.807, 2.05) is 89.1 Å². The lowest BCUT2D eigenvalue weighted by atomic mass is 9.91. The van der Waals surface area contributed by atoms with Gasteiger partial charge < -0.3 is 33.7 Å². The van der Waals surface area contributed by atoms with Crippen LogP contribution in [0.25, 0.3) is 0 Å². The maximum Gasteiger partial charge on any atom is 0.290 e. The first kappa shape index (κ1) is 42.6. The van der Waals surface area contributed by atoms with Crippen LogP contribution in [0, 0.1) is 11.3 Å². The Morgan fingerprint density at radius 3 is 2.42 bits per heavy atom. The van der Waals surface area contributed by atoms with Crippen molar-refractivity contribution in [3.8, 4) is 0 Å². The van der Waals surface area contributed by atoms with Crippen molar-refractivity contribution in [3.05, 3.63) is 60.6 Å². The number of carbonyl (C=O) groups is 3. The molecule has 1 aliphatic rings. The Morgan fingerprint density at radius 1 is 1.22 bits per heavy atom. The van der Waals surface area contributed by atoms with Gasteiger partial charge in [0.05, 0.1) is 31.3 Å². The van der Waals surface area contributed by atoms with Gasteiger partial charge in [-0.05, 0) is 45.3 Å². The van der Waals surface area contributed by atoms with Gasteiger partial charge in [-0.2, -0.15) is 0 Å². The average molecular weight is 670 g/mol. The monoisotopic (exact) mass is 669 g/mol. The van der Waals surface area contributed by atoms with Crippen LogP contribution in [0.2, 0.25) is 0 Å². The second kappa shape index (κ2) is 24.7. The molecule has 0 saturated heterocycles. The van der Waals surface area contributed by atoms with Gasteiger partial charge in [0.2, 0.25) is 0 Å². The Kier molecular flexibility index (Phi) is 23.4. The highest BCUT2D eigenvalue weighted by atomic mass is 32.2. The highest BCUT2D eigenvalue weighted by Gasteiger charge is 2.30. The third-order valence-corrected chi connectivity index (χ3v) is 8.85. The van der Waals surface area contributed by atoms with E-state index in [2.05, 4.69) is 16.7 Å². The molecule has 5 atom stereocenters. The minimum absolute atomic E-state index is 0.0539. The van der Waals surface area contributed by atoms with Crippen LogP contribution >= 0.6 is 20.3 Å². The van der Waals surface area contributed by atoms with Crippen LogP contribution in [-0.2, 0) is 34.7 Å². The summed E-state index contributed by atoms with van der Waals surface area (Å²) in [6.45, 7) is 17.9. The van der Waals surface area contributed by atoms with Gasteiger partial charge in [0.25, 0.3) is 15.0 Å². The highest BCUT2D eigenvalue weighted by Crippen LogP contribution is 2.36. The molecule has 1 aromatic rings. The molecule has 0 fully saturated rings. The number of aldehydes is 1. The molecule has 1 aromatic carbocycles. The first-order valence-electron chi connectivity index (χ1n) is 15.0. The number of aliphatic hydroxyl groups is 1. The molecule has 1 heterocycles. The van der Waals surface area contributed by atoms with Gasteiger partial charge in [0, 0.05) is 30.1 Å². The van der Waals surface area contributed by atoms with E-state index < -0.39 is 13.9 Å². The van der Waals surface area contributed by atoms with Crippen molar-refractivity contribution in [2.45, 2.75) is 80.2 Å². The number of carbonyl (C=O) groups excluding carboxylic acids is 2. The van der Waals surface area contributed by atoms with Crippen molar-refractivity contribution in [3.63, 3.8) is 0 Å². The van der Waals surface area contributed by atoms with E-state index in [4.69, 9.17) is 23.7 Å². The molecule has 2 rings (SSSR count). The number of hydrogen-bond donors (Lipinski definition) is 3. The van der Waals surface area contributed by atoms with Crippen molar-refractivity contribution >= 4 is 43.9 Å². The van der Waals surface area contributed by atoms with Crippen LogP contribution in [0.3, 0.4) is 0 Å². The smallest absolute Gasteiger partial charge is 0.290 e. The van der Waals surface area contributed by atoms with Crippen molar-refractivity contribution in [1.82, 2.24) is 9.99 Å². The number of carboxylic acid groups (broad SMARTS) is 1. The summed E-state index contributed by atoms with van der Waals surface area (Å²) in [5, 5.41) is 19.8. The lowest BCUT2D eigenvalue weighted by Crippen LogP contribution is -2.36. The van der Waals surface area contributed by atoms with Gasteiger partial charge in [0.1, 0.15) is 18.3 Å². The van der Waals surface area contributed by atoms with E-state index in [-0.39, 0.29) is 49.7 Å². The zero-order valence-electron chi connectivity index (χ0n) is 27.7. The number of aliphatic hydroxyl groups excluding tert-OH is 1.